The van der Waals surface area contributed by atoms with Gasteiger partial charge < -0.3 is 9.47 Å². The van der Waals surface area contributed by atoms with E-state index in [1.165, 1.54) is 25.0 Å². The van der Waals surface area contributed by atoms with Gasteiger partial charge in [-0.15, -0.1) is 0 Å². The van der Waals surface area contributed by atoms with E-state index in [1.54, 1.807) is 0 Å². The smallest absolute Gasteiger partial charge is 0.125 e. The van der Waals surface area contributed by atoms with Gasteiger partial charge in [0.15, 0.2) is 0 Å². The van der Waals surface area contributed by atoms with Crippen LogP contribution in [0.1, 0.15) is 0 Å². The van der Waals surface area contributed by atoms with Crippen LogP contribution in [0.25, 0.3) is 0 Å². The molecular weight excluding hydrogens is 159 g/mol. The maximum Gasteiger partial charge on any atom is 0.125 e. The van der Waals surface area contributed by atoms with E-state index in [0.717, 1.165) is 0 Å². The fraction of sp³-hybridized carbons (Fsp3) is 0. The van der Waals surface area contributed by atoms with Crippen molar-refractivity contribution < 1.29 is 9.47 Å². The zero-order valence-electron chi connectivity index (χ0n) is 3.53. The molecule has 0 amide bonds. The van der Waals surface area contributed by atoms with Crippen LogP contribution in [0.3, 0.4) is 0 Å². The Bertz CT molecular complexity index is 67.7. The molecule has 0 unspecified atom stereocenters. The molecule has 0 aromatic carbocycles. The predicted octanol–water partition coefficient (Wildman–Crippen LogP) is 0.595. The van der Waals surface area contributed by atoms with E-state index < -0.39 is 0 Å². The summed E-state index contributed by atoms with van der Waals surface area (Å²) >= 11 is 0. The molecule has 1 rings (SSSR count). The quantitative estimate of drug-likeness (QED) is 0.486. The molecule has 38 valence electrons. The molecule has 0 bridgehead atoms. The summed E-state index contributed by atoms with van der Waals surface area (Å²) in [6, 6.07) is 0. The van der Waals surface area contributed by atoms with Gasteiger partial charge in [-0.2, -0.15) is 0 Å². The van der Waals surface area contributed by atoms with E-state index in [4.69, 9.17) is 0 Å². The number of hydrogen-bond donors (Lipinski definition) is 0. The first kappa shape index (κ1) is 6.60. The Kier molecular flexibility index (Phi) is 3.56. The molecule has 0 aromatic heterocycles. The molecular formula is C4H4O2Se. The molecule has 3 heteroatoms. The fourth-order valence-corrected chi connectivity index (χ4v) is 0.219. The third kappa shape index (κ3) is 2.31. The average Bonchev–Trinajstić information content (AvgIpc) is 1.72. The minimum absolute atomic E-state index is 0. The topological polar surface area (TPSA) is 18.5 Å². The van der Waals surface area contributed by atoms with Crippen LogP contribution in [0, 0.1) is 0 Å². The summed E-state index contributed by atoms with van der Waals surface area (Å²) in [6.45, 7) is 0. The van der Waals surface area contributed by atoms with E-state index in [9.17, 15) is 0 Å². The third-order valence-corrected chi connectivity index (χ3v) is 0.425. The van der Waals surface area contributed by atoms with Gasteiger partial charge in [0, 0.05) is 17.1 Å². The summed E-state index contributed by atoms with van der Waals surface area (Å²) in [7, 11) is 0. The summed E-state index contributed by atoms with van der Waals surface area (Å²) < 4.78 is 9.17. The first-order valence-electron chi connectivity index (χ1n) is 1.61. The molecule has 2 nitrogen and oxygen atoms in total. The zero-order chi connectivity index (χ0) is 4.24. The Morgan fingerprint density at radius 2 is 1.00 bits per heavy atom. The normalized spacial score (nSPS) is 13.7. The van der Waals surface area contributed by atoms with Crippen LogP contribution < -0.4 is 0 Å². The zero-order valence-corrected chi connectivity index (χ0v) is 5.25. The largest absolute Gasteiger partial charge is 0.466 e. The van der Waals surface area contributed by atoms with Crippen molar-refractivity contribution in [2.24, 2.45) is 0 Å². The Hall–Kier alpha value is -0.401. The first-order valence-corrected chi connectivity index (χ1v) is 1.61. The number of hydrogen-bond acceptors (Lipinski definition) is 2. The van der Waals surface area contributed by atoms with Crippen molar-refractivity contribution in [2.45, 2.75) is 0 Å². The minimum atomic E-state index is 0. The average molecular weight is 163 g/mol. The van der Waals surface area contributed by atoms with Crippen molar-refractivity contribution in [1.29, 1.82) is 0 Å². The third-order valence-electron chi connectivity index (χ3n) is 0.425. The van der Waals surface area contributed by atoms with Gasteiger partial charge in [0.2, 0.25) is 0 Å². The van der Waals surface area contributed by atoms with Crippen molar-refractivity contribution in [1.82, 2.24) is 0 Å². The van der Waals surface area contributed by atoms with Crippen LogP contribution in [0.4, 0.5) is 0 Å². The summed E-state index contributed by atoms with van der Waals surface area (Å²) in [5.74, 6) is 0. The van der Waals surface area contributed by atoms with Crippen molar-refractivity contribution in [3.8, 4) is 0 Å². The molecule has 0 aromatic rings. The summed E-state index contributed by atoms with van der Waals surface area (Å²) in [4.78, 5) is 0. The Morgan fingerprint density at radius 3 is 1.14 bits per heavy atom. The minimum Gasteiger partial charge on any atom is -0.466 e. The van der Waals surface area contributed by atoms with Gasteiger partial charge in [-0.05, 0) is 0 Å². The molecule has 1 aliphatic heterocycles. The number of rotatable bonds is 0. The van der Waals surface area contributed by atoms with Crippen molar-refractivity contribution >= 4 is 17.1 Å². The summed E-state index contributed by atoms with van der Waals surface area (Å²) in [5.41, 5.74) is 0. The second-order valence-electron chi connectivity index (χ2n) is 0.816. The maximum absolute atomic E-state index is 4.58. The Labute approximate surface area is 52.3 Å². The van der Waals surface area contributed by atoms with E-state index in [1.807, 2.05) is 0 Å². The predicted molar refractivity (Wildman–Crippen MR) is 26.2 cm³/mol. The van der Waals surface area contributed by atoms with Crippen LogP contribution in [0.2, 0.25) is 0 Å². The second-order valence-corrected chi connectivity index (χ2v) is 0.816. The van der Waals surface area contributed by atoms with Gasteiger partial charge >= 0.3 is 0 Å². The molecule has 1 heterocycles. The number of ether oxygens (including phenoxy) is 2. The van der Waals surface area contributed by atoms with Crippen LogP contribution in [-0.4, -0.2) is 17.1 Å². The molecule has 0 saturated carbocycles. The van der Waals surface area contributed by atoms with E-state index in [0.29, 0.717) is 0 Å². The summed E-state index contributed by atoms with van der Waals surface area (Å²) in [6.07, 6.45) is 5.83. The molecule has 0 N–H and O–H groups in total. The molecule has 2 radical (unpaired) electrons. The van der Waals surface area contributed by atoms with Gasteiger partial charge in [-0.3, -0.25) is 0 Å². The van der Waals surface area contributed by atoms with E-state index in [-0.39, 0.29) is 17.1 Å². The maximum atomic E-state index is 4.58. The molecule has 7 heavy (non-hydrogen) atoms. The molecule has 0 atom stereocenters. The molecule has 0 saturated heterocycles. The van der Waals surface area contributed by atoms with Crippen LogP contribution >= 0.6 is 0 Å². The van der Waals surface area contributed by atoms with Gasteiger partial charge in [0.05, 0.1) is 0 Å². The second kappa shape index (κ2) is 3.78. The van der Waals surface area contributed by atoms with E-state index >= 15 is 0 Å². The molecule has 1 aliphatic rings. The fourth-order valence-electron chi connectivity index (χ4n) is 0.219. The van der Waals surface area contributed by atoms with E-state index in [2.05, 4.69) is 9.47 Å². The summed E-state index contributed by atoms with van der Waals surface area (Å²) in [5, 5.41) is 0. The van der Waals surface area contributed by atoms with Crippen LogP contribution in [0.15, 0.2) is 25.0 Å². The van der Waals surface area contributed by atoms with Crippen molar-refractivity contribution in [2.75, 3.05) is 0 Å². The van der Waals surface area contributed by atoms with Gasteiger partial charge in [-0.1, -0.05) is 0 Å². The van der Waals surface area contributed by atoms with Crippen LogP contribution in [0.5, 0.6) is 0 Å². The monoisotopic (exact) mass is 164 g/mol. The van der Waals surface area contributed by atoms with Gasteiger partial charge in [0.25, 0.3) is 0 Å². The van der Waals surface area contributed by atoms with Crippen molar-refractivity contribution in [3.63, 3.8) is 0 Å². The first-order chi connectivity index (χ1) is 3.00. The standard InChI is InChI=1S/C4H4O2.Se/c1-2-6-4-3-5-1;/h1-4H;. The molecule has 0 spiro atoms. The Morgan fingerprint density at radius 1 is 0.714 bits per heavy atom. The Balaban J connectivity index is 0.000000360. The van der Waals surface area contributed by atoms with Gasteiger partial charge in [-0.25, -0.2) is 0 Å². The SMILES string of the molecule is C1=COC=CO1.[Se]. The van der Waals surface area contributed by atoms with Crippen LogP contribution in [-0.2, 0) is 9.47 Å². The molecule has 0 aliphatic carbocycles. The molecule has 0 fully saturated rings. The van der Waals surface area contributed by atoms with Crippen molar-refractivity contribution in [3.05, 3.63) is 25.0 Å². The van der Waals surface area contributed by atoms with Gasteiger partial charge in [0.1, 0.15) is 25.0 Å².